The van der Waals surface area contributed by atoms with Crippen molar-refractivity contribution in [1.29, 1.82) is 0 Å². The predicted octanol–water partition coefficient (Wildman–Crippen LogP) is -3.80. The Bertz CT molecular complexity index is 1080. The van der Waals surface area contributed by atoms with Crippen LogP contribution in [0, 0.1) is 0 Å². The van der Waals surface area contributed by atoms with Crippen LogP contribution in [-0.2, 0) is 40.0 Å². The van der Waals surface area contributed by atoms with Gasteiger partial charge in [0.25, 0.3) is 0 Å². The number of carbonyl (C=O) groups is 7. The number of amides is 2. The van der Waals surface area contributed by atoms with Crippen molar-refractivity contribution in [1.82, 2.24) is 20.6 Å². The molecule has 0 radical (unpaired) electrons. The fraction of sp³-hybridized carbons (Fsp3) is 0.565. The number of aromatic nitrogens is 2. The van der Waals surface area contributed by atoms with Gasteiger partial charge in [-0.25, -0.2) is 4.98 Å². The van der Waals surface area contributed by atoms with Crippen molar-refractivity contribution in [3.05, 3.63) is 18.2 Å². The first kappa shape index (κ1) is 46.8. The molecule has 0 spiro atoms. The van der Waals surface area contributed by atoms with Crippen LogP contribution in [0.1, 0.15) is 25.0 Å². The molecule has 46 heavy (non-hydrogen) atoms. The van der Waals surface area contributed by atoms with Crippen LogP contribution in [0.25, 0.3) is 0 Å². The second-order valence-electron chi connectivity index (χ2n) is 8.71. The molecule has 1 heterocycles. The van der Waals surface area contributed by atoms with Gasteiger partial charge in [-0.05, 0) is 18.6 Å². The number of nitrogens with one attached hydrogen (secondary N) is 3. The summed E-state index contributed by atoms with van der Waals surface area (Å²) in [5.74, 6) is -5.96. The van der Waals surface area contributed by atoms with Gasteiger partial charge in [-0.3, -0.25) is 33.6 Å². The summed E-state index contributed by atoms with van der Waals surface area (Å²) in [6.07, 6.45) is 3.53. The molecule has 264 valence electrons. The number of carboxylic acids is 5. The molecule has 0 saturated heterocycles. The molecule has 1 rings (SSSR count). The Morgan fingerprint density at radius 2 is 1.26 bits per heavy atom. The van der Waals surface area contributed by atoms with Crippen LogP contribution >= 0.6 is 37.9 Å². The molecule has 0 aliphatic carbocycles. The molecule has 1 aromatic heterocycles. The molecular weight excluding hydrogens is 676 g/mol. The first-order chi connectivity index (χ1) is 21.3. The molecule has 0 aliphatic rings. The first-order valence-electron chi connectivity index (χ1n) is 12.9. The number of carbonyl (C=O) groups excluding carboxylic acids is 2. The molecule has 2 unspecified atom stereocenters. The number of hydrogen-bond donors (Lipinski definition) is 15. The summed E-state index contributed by atoms with van der Waals surface area (Å²) in [6.45, 7) is -0.567. The lowest BCUT2D eigenvalue weighted by Gasteiger charge is -2.16. The summed E-state index contributed by atoms with van der Waals surface area (Å²) >= 11 is 11.3. The van der Waals surface area contributed by atoms with Crippen molar-refractivity contribution >= 4 is 79.5 Å². The zero-order valence-electron chi connectivity index (χ0n) is 24.4. The van der Waals surface area contributed by atoms with E-state index in [2.05, 4.69) is 58.5 Å². The normalized spacial score (nSPS) is 13.1. The van der Waals surface area contributed by atoms with E-state index in [1.54, 1.807) is 6.20 Å². The van der Waals surface area contributed by atoms with Crippen LogP contribution in [0.15, 0.2) is 12.5 Å². The third kappa shape index (κ3) is 26.8. The standard InChI is InChI=1S/C10H17N3O6S.C6H9N3O2.C4H9NO2S.C3H7NO2S/c11-5(10(18)19)1-2-7(14)13-6(4-20)9(17)12-3-8(15)16;7-5(6(10)11)1-4-2-8-3-9-4;5-3(1-2-8)4(6)7;4-2(1-7)3(5)6/h5-6,20H,1-4,11H2,(H,12,17)(H,13,14)(H,15,16)(H,18,19);2-3,5H,1,7H2,(H,8,9)(H,10,11);3,8H,1-2,5H2,(H,6,7);2,7H,1,4H2,(H,5,6)/t5-,6-;5-;;/m00../s1. The van der Waals surface area contributed by atoms with Crippen LogP contribution in [0.2, 0.25) is 0 Å². The maximum atomic E-state index is 11.5. The monoisotopic (exact) mass is 718 g/mol. The molecule has 0 aromatic carbocycles. The summed E-state index contributed by atoms with van der Waals surface area (Å²) < 4.78 is 0. The van der Waals surface area contributed by atoms with Gasteiger partial charge in [-0.2, -0.15) is 37.9 Å². The maximum absolute atomic E-state index is 11.5. The Morgan fingerprint density at radius 3 is 1.59 bits per heavy atom. The van der Waals surface area contributed by atoms with E-state index in [0.29, 0.717) is 12.2 Å². The molecule has 0 saturated carbocycles. The lowest BCUT2D eigenvalue weighted by atomic mass is 10.1. The summed E-state index contributed by atoms with van der Waals surface area (Å²) in [4.78, 5) is 80.2. The molecule has 0 aliphatic heterocycles. The Balaban J connectivity index is -0.000000595. The number of H-pyrrole nitrogens is 1. The van der Waals surface area contributed by atoms with Crippen molar-refractivity contribution < 1.29 is 59.1 Å². The maximum Gasteiger partial charge on any atom is 0.322 e. The molecule has 1 aromatic rings. The largest absolute Gasteiger partial charge is 0.480 e. The smallest absolute Gasteiger partial charge is 0.322 e. The average molecular weight is 719 g/mol. The Kier molecular flexibility index (Phi) is 28.2. The van der Waals surface area contributed by atoms with Gasteiger partial charge in [0, 0.05) is 36.2 Å². The molecule has 0 bridgehead atoms. The van der Waals surface area contributed by atoms with Gasteiger partial charge in [0.15, 0.2) is 0 Å². The van der Waals surface area contributed by atoms with E-state index in [9.17, 15) is 33.6 Å². The van der Waals surface area contributed by atoms with Gasteiger partial charge in [-0.1, -0.05) is 0 Å². The minimum absolute atomic E-state index is 0.0256. The highest BCUT2D eigenvalue weighted by atomic mass is 32.1. The first-order valence-corrected chi connectivity index (χ1v) is 14.8. The van der Waals surface area contributed by atoms with Gasteiger partial charge in [0.2, 0.25) is 11.8 Å². The van der Waals surface area contributed by atoms with E-state index >= 15 is 0 Å². The van der Waals surface area contributed by atoms with Crippen molar-refractivity contribution in [2.45, 2.75) is 55.9 Å². The highest BCUT2D eigenvalue weighted by molar-refractivity contribution is 7.80. The van der Waals surface area contributed by atoms with Crippen molar-refractivity contribution in [2.75, 3.05) is 23.8 Å². The third-order valence-electron chi connectivity index (χ3n) is 4.83. The van der Waals surface area contributed by atoms with E-state index < -0.39 is 78.4 Å². The van der Waals surface area contributed by atoms with E-state index in [1.807, 2.05) is 0 Å². The molecule has 5 atom stereocenters. The number of thiol groups is 3. The number of carboxylic acid groups (broad SMARTS) is 5. The number of nitrogens with two attached hydrogens (primary N) is 4. The second-order valence-corrected chi connectivity index (χ2v) is 9.89. The van der Waals surface area contributed by atoms with Crippen molar-refractivity contribution in [2.24, 2.45) is 22.9 Å². The quantitative estimate of drug-likeness (QED) is 0.0687. The van der Waals surface area contributed by atoms with Crippen LogP contribution < -0.4 is 33.6 Å². The summed E-state index contributed by atoms with van der Waals surface area (Å²) in [6, 6.07) is -4.56. The predicted molar refractivity (Wildman–Crippen MR) is 173 cm³/mol. The molecular formula is C23H42N8O12S3. The van der Waals surface area contributed by atoms with E-state index in [0.717, 1.165) is 5.69 Å². The van der Waals surface area contributed by atoms with Crippen LogP contribution in [0.4, 0.5) is 0 Å². The lowest BCUT2D eigenvalue weighted by molar-refractivity contribution is -0.139. The Hall–Kier alpha value is -3.61. The van der Waals surface area contributed by atoms with Gasteiger partial charge in [-0.15, -0.1) is 0 Å². The molecule has 16 N–H and O–H groups in total. The van der Waals surface area contributed by atoms with E-state index in [-0.39, 0.29) is 30.8 Å². The zero-order chi connectivity index (χ0) is 36.4. The van der Waals surface area contributed by atoms with Crippen molar-refractivity contribution in [3.63, 3.8) is 0 Å². The number of nitrogens with zero attached hydrogens (tertiary/aromatic N) is 1. The fourth-order valence-electron chi connectivity index (χ4n) is 2.22. The average Bonchev–Trinajstić information content (AvgIpc) is 3.50. The number of imidazole rings is 1. The molecule has 2 amide bonds. The third-order valence-corrected chi connectivity index (χ3v) is 5.85. The lowest BCUT2D eigenvalue weighted by Crippen LogP contribution is -2.49. The van der Waals surface area contributed by atoms with Gasteiger partial charge >= 0.3 is 29.8 Å². The number of rotatable bonds is 17. The Labute approximate surface area is 279 Å². The van der Waals surface area contributed by atoms with E-state index in [1.165, 1.54) is 6.33 Å². The van der Waals surface area contributed by atoms with Crippen LogP contribution in [-0.4, -0.2) is 131 Å². The summed E-state index contributed by atoms with van der Waals surface area (Å²) in [5.41, 5.74) is 21.2. The minimum atomic E-state index is -1.22. The fourth-order valence-corrected chi connectivity index (χ4v) is 2.91. The molecule has 23 heteroatoms. The second kappa shape index (κ2) is 27.7. The summed E-state index contributed by atoms with van der Waals surface area (Å²) in [7, 11) is 0. The van der Waals surface area contributed by atoms with Crippen molar-refractivity contribution in [3.8, 4) is 0 Å². The minimum Gasteiger partial charge on any atom is -0.480 e. The topological polar surface area (TPSA) is 377 Å². The number of aromatic amines is 1. The SMILES string of the molecule is NC(CCS)C(=O)O.NC(CS)C(=O)O.N[C@@H](CCC(=O)N[C@@H](CS)C(=O)NCC(=O)O)C(=O)O.N[C@@H](Cc1cnc[nH]1)C(=O)O. The highest BCUT2D eigenvalue weighted by Crippen LogP contribution is 1.98. The number of hydrogen-bond acceptors (Lipinski definition) is 15. The Morgan fingerprint density at radius 1 is 0.761 bits per heavy atom. The van der Waals surface area contributed by atoms with Gasteiger partial charge in [0.1, 0.15) is 36.8 Å². The molecule has 0 fully saturated rings. The zero-order valence-corrected chi connectivity index (χ0v) is 27.1. The van der Waals surface area contributed by atoms with Crippen LogP contribution in [0.3, 0.4) is 0 Å². The van der Waals surface area contributed by atoms with E-state index in [4.69, 9.17) is 48.5 Å². The van der Waals surface area contributed by atoms with Crippen LogP contribution in [0.5, 0.6) is 0 Å². The van der Waals surface area contributed by atoms with Gasteiger partial charge < -0.3 is 64.1 Å². The summed E-state index contributed by atoms with van der Waals surface area (Å²) in [5, 5.41) is 46.0. The highest BCUT2D eigenvalue weighted by Gasteiger charge is 2.21. The molecule has 20 nitrogen and oxygen atoms in total. The number of aliphatic carboxylic acids is 5. The van der Waals surface area contributed by atoms with Gasteiger partial charge in [0.05, 0.1) is 6.33 Å².